The molecule has 2 heteroatoms. The molecule has 0 unspecified atom stereocenters. The predicted molar refractivity (Wildman–Crippen MR) is 63.9 cm³/mol. The quantitative estimate of drug-likeness (QED) is 0.782. The van der Waals surface area contributed by atoms with Gasteiger partial charge >= 0.3 is 0 Å². The number of ketones is 1. The van der Waals surface area contributed by atoms with Crippen LogP contribution in [0.25, 0.3) is 6.08 Å². The molecular weight excluding hydrogens is 200 g/mol. The lowest BCUT2D eigenvalue weighted by Gasteiger charge is -1.98. The van der Waals surface area contributed by atoms with Crippen LogP contribution in [0.1, 0.15) is 5.56 Å². The van der Waals surface area contributed by atoms with E-state index < -0.39 is 0 Å². The van der Waals surface area contributed by atoms with Gasteiger partial charge in [-0.1, -0.05) is 42.5 Å². The topological polar surface area (TPSA) is 37.3 Å². The number of carbonyl (C=O) groups is 1. The minimum Gasteiger partial charge on any atom is -0.508 e. The summed E-state index contributed by atoms with van der Waals surface area (Å²) in [6, 6.07) is 6.72. The number of rotatable bonds is 3. The number of hydrogen-bond donors (Lipinski definition) is 1. The van der Waals surface area contributed by atoms with Crippen molar-refractivity contribution < 1.29 is 9.90 Å². The number of aromatic hydroxyl groups is 1. The first kappa shape index (κ1) is 10.4. The Labute approximate surface area is 94.2 Å². The van der Waals surface area contributed by atoms with Gasteiger partial charge in [-0.2, -0.15) is 0 Å². The number of benzene rings is 1. The molecule has 0 saturated heterocycles. The van der Waals surface area contributed by atoms with Crippen LogP contribution in [0.2, 0.25) is 0 Å². The largest absolute Gasteiger partial charge is 0.508 e. The Kier molecular flexibility index (Phi) is 3.01. The summed E-state index contributed by atoms with van der Waals surface area (Å²) in [5.74, 6) is 0.177. The van der Waals surface area contributed by atoms with Crippen LogP contribution in [-0.4, -0.2) is 10.9 Å². The third-order valence-electron chi connectivity index (χ3n) is 2.41. The summed E-state index contributed by atoms with van der Waals surface area (Å²) in [5.41, 5.74) is 0.900. The van der Waals surface area contributed by atoms with Gasteiger partial charge in [0.2, 0.25) is 0 Å². The summed E-state index contributed by atoms with van der Waals surface area (Å²) in [7, 11) is 0. The minimum atomic E-state index is -0.117. The lowest BCUT2D eigenvalue weighted by atomic mass is 10.1. The summed E-state index contributed by atoms with van der Waals surface area (Å²) < 4.78 is 0. The fourth-order valence-electron chi connectivity index (χ4n) is 1.50. The Morgan fingerprint density at radius 1 is 1.12 bits per heavy atom. The molecule has 1 aromatic carbocycles. The summed E-state index contributed by atoms with van der Waals surface area (Å²) in [6.07, 6.45) is 10.8. The number of phenols is 1. The van der Waals surface area contributed by atoms with E-state index in [2.05, 4.69) is 0 Å². The Morgan fingerprint density at radius 3 is 2.38 bits per heavy atom. The van der Waals surface area contributed by atoms with Gasteiger partial charge in [0.05, 0.1) is 5.92 Å². The second-order valence-electron chi connectivity index (χ2n) is 3.62. The zero-order valence-corrected chi connectivity index (χ0v) is 8.71. The van der Waals surface area contributed by atoms with E-state index in [9.17, 15) is 4.79 Å². The molecule has 2 rings (SSSR count). The van der Waals surface area contributed by atoms with Gasteiger partial charge in [0.15, 0.2) is 5.78 Å². The van der Waals surface area contributed by atoms with E-state index in [0.717, 1.165) is 5.56 Å². The zero-order valence-electron chi connectivity index (χ0n) is 8.71. The van der Waals surface area contributed by atoms with Gasteiger partial charge in [0.25, 0.3) is 0 Å². The third-order valence-corrected chi connectivity index (χ3v) is 2.41. The van der Waals surface area contributed by atoms with Crippen molar-refractivity contribution in [3.63, 3.8) is 0 Å². The maximum atomic E-state index is 11.6. The van der Waals surface area contributed by atoms with E-state index in [1.54, 1.807) is 36.4 Å². The summed E-state index contributed by atoms with van der Waals surface area (Å²) >= 11 is 0. The molecule has 0 radical (unpaired) electrons. The SMILES string of the molecule is O=C(/C=C/c1ccc(O)cc1)C1C=CC=C1. The van der Waals surface area contributed by atoms with E-state index in [0.29, 0.717) is 0 Å². The number of phenolic OH excluding ortho intramolecular Hbond substituents is 1. The van der Waals surface area contributed by atoms with Crippen LogP contribution in [0.4, 0.5) is 0 Å². The molecule has 0 aromatic heterocycles. The van der Waals surface area contributed by atoms with E-state index in [1.807, 2.05) is 24.3 Å². The number of allylic oxidation sites excluding steroid dienone is 5. The molecule has 1 aromatic rings. The van der Waals surface area contributed by atoms with Crippen molar-refractivity contribution in [1.29, 1.82) is 0 Å². The normalized spacial score (nSPS) is 15.0. The summed E-state index contributed by atoms with van der Waals surface area (Å²) in [4.78, 5) is 11.6. The van der Waals surface area contributed by atoms with Gasteiger partial charge in [-0.15, -0.1) is 0 Å². The van der Waals surface area contributed by atoms with Crippen LogP contribution in [0, 0.1) is 5.92 Å². The molecule has 80 valence electrons. The van der Waals surface area contributed by atoms with E-state index >= 15 is 0 Å². The lowest BCUT2D eigenvalue weighted by molar-refractivity contribution is -0.115. The highest BCUT2D eigenvalue weighted by Crippen LogP contribution is 2.13. The van der Waals surface area contributed by atoms with Crippen molar-refractivity contribution in [3.05, 3.63) is 60.2 Å². The number of carbonyl (C=O) groups excluding carboxylic acids is 1. The van der Waals surface area contributed by atoms with Gasteiger partial charge in [-0.05, 0) is 23.8 Å². The van der Waals surface area contributed by atoms with E-state index in [-0.39, 0.29) is 17.5 Å². The molecule has 2 nitrogen and oxygen atoms in total. The maximum absolute atomic E-state index is 11.6. The smallest absolute Gasteiger partial charge is 0.166 e. The van der Waals surface area contributed by atoms with Crippen LogP contribution >= 0.6 is 0 Å². The molecule has 16 heavy (non-hydrogen) atoms. The van der Waals surface area contributed by atoms with Crippen molar-refractivity contribution in [2.45, 2.75) is 0 Å². The Balaban J connectivity index is 2.03. The first-order chi connectivity index (χ1) is 7.75. The standard InChI is InChI=1S/C14H12O2/c15-13-8-5-11(6-9-13)7-10-14(16)12-3-1-2-4-12/h1-10,12,15H/b10-7+. The second kappa shape index (κ2) is 4.62. The van der Waals surface area contributed by atoms with E-state index in [1.165, 1.54) is 0 Å². The predicted octanol–water partition coefficient (Wildman–Crippen LogP) is 2.72. The molecular formula is C14H12O2. The van der Waals surface area contributed by atoms with Crippen LogP contribution in [-0.2, 0) is 4.79 Å². The number of hydrogen-bond acceptors (Lipinski definition) is 2. The van der Waals surface area contributed by atoms with Crippen molar-refractivity contribution in [3.8, 4) is 5.75 Å². The lowest BCUT2D eigenvalue weighted by Crippen LogP contribution is -2.03. The second-order valence-corrected chi connectivity index (χ2v) is 3.62. The molecule has 0 saturated carbocycles. The van der Waals surface area contributed by atoms with Gasteiger partial charge in [-0.3, -0.25) is 4.79 Å². The molecule has 0 spiro atoms. The van der Waals surface area contributed by atoms with Crippen molar-refractivity contribution in [1.82, 2.24) is 0 Å². The highest BCUT2D eigenvalue weighted by Gasteiger charge is 2.10. The molecule has 1 aliphatic rings. The highest BCUT2D eigenvalue weighted by atomic mass is 16.3. The van der Waals surface area contributed by atoms with Crippen molar-refractivity contribution in [2.24, 2.45) is 5.92 Å². The summed E-state index contributed by atoms with van der Waals surface area (Å²) in [5, 5.41) is 9.10. The molecule has 0 amide bonds. The monoisotopic (exact) mass is 212 g/mol. The average molecular weight is 212 g/mol. The molecule has 0 heterocycles. The first-order valence-electron chi connectivity index (χ1n) is 5.12. The first-order valence-corrected chi connectivity index (χ1v) is 5.12. The van der Waals surface area contributed by atoms with Gasteiger partial charge < -0.3 is 5.11 Å². The van der Waals surface area contributed by atoms with Crippen molar-refractivity contribution >= 4 is 11.9 Å². The molecule has 0 fully saturated rings. The van der Waals surface area contributed by atoms with Crippen LogP contribution in [0.5, 0.6) is 5.75 Å². The molecule has 1 N–H and O–H groups in total. The zero-order chi connectivity index (χ0) is 11.4. The molecule has 0 bridgehead atoms. The third kappa shape index (κ3) is 2.48. The van der Waals surface area contributed by atoms with Gasteiger partial charge in [0, 0.05) is 0 Å². The Morgan fingerprint density at radius 2 is 1.75 bits per heavy atom. The summed E-state index contributed by atoms with van der Waals surface area (Å²) in [6.45, 7) is 0. The van der Waals surface area contributed by atoms with Crippen molar-refractivity contribution in [2.75, 3.05) is 0 Å². The average Bonchev–Trinajstić information content (AvgIpc) is 2.81. The Hall–Kier alpha value is -2.09. The maximum Gasteiger partial charge on any atom is 0.166 e. The van der Waals surface area contributed by atoms with Crippen LogP contribution in [0.3, 0.4) is 0 Å². The fourth-order valence-corrected chi connectivity index (χ4v) is 1.50. The minimum absolute atomic E-state index is 0.0677. The Bertz CT molecular complexity index is 452. The molecule has 0 aliphatic heterocycles. The van der Waals surface area contributed by atoms with Crippen LogP contribution < -0.4 is 0 Å². The highest BCUT2D eigenvalue weighted by molar-refractivity contribution is 5.98. The fraction of sp³-hybridized carbons (Fsp3) is 0.0714. The van der Waals surface area contributed by atoms with Gasteiger partial charge in [-0.25, -0.2) is 0 Å². The molecule has 1 aliphatic carbocycles. The van der Waals surface area contributed by atoms with Gasteiger partial charge in [0.1, 0.15) is 5.75 Å². The van der Waals surface area contributed by atoms with E-state index in [4.69, 9.17) is 5.11 Å². The molecule has 0 atom stereocenters. The van der Waals surface area contributed by atoms with Crippen LogP contribution in [0.15, 0.2) is 54.6 Å².